The van der Waals surface area contributed by atoms with Crippen LogP contribution in [0.3, 0.4) is 0 Å². The molecule has 0 aliphatic carbocycles. The Bertz CT molecular complexity index is 948. The zero-order valence-electron chi connectivity index (χ0n) is 14.0. The number of aryl methyl sites for hydroxylation is 1. The Morgan fingerprint density at radius 1 is 1.31 bits per heavy atom. The monoisotopic (exact) mass is 391 g/mol. The van der Waals surface area contributed by atoms with Crippen LogP contribution in [0, 0.1) is 12.7 Å². The summed E-state index contributed by atoms with van der Waals surface area (Å²) in [7, 11) is 0. The van der Waals surface area contributed by atoms with E-state index in [9.17, 15) is 9.18 Å². The molecule has 1 aromatic heterocycles. The van der Waals surface area contributed by atoms with Crippen LogP contribution in [-0.2, 0) is 4.79 Å². The molecule has 1 amide bonds. The van der Waals surface area contributed by atoms with E-state index >= 15 is 0 Å². The molecule has 0 spiro atoms. The molecule has 134 valence electrons. The topological polar surface area (TPSA) is 72.7 Å². The van der Waals surface area contributed by atoms with E-state index in [2.05, 4.69) is 20.8 Å². The van der Waals surface area contributed by atoms with Crippen molar-refractivity contribution in [2.45, 2.75) is 24.3 Å². The van der Waals surface area contributed by atoms with Gasteiger partial charge in [0.15, 0.2) is 0 Å². The van der Waals surface area contributed by atoms with Crippen LogP contribution in [0.2, 0.25) is 5.02 Å². The number of rotatable bonds is 5. The molecule has 0 radical (unpaired) electrons. The van der Waals surface area contributed by atoms with Gasteiger partial charge in [0.1, 0.15) is 5.82 Å². The first kappa shape index (κ1) is 18.3. The average Bonchev–Trinajstić information content (AvgIpc) is 3.05. The molecule has 1 heterocycles. The van der Waals surface area contributed by atoms with Crippen molar-refractivity contribution in [1.82, 2.24) is 20.2 Å². The van der Waals surface area contributed by atoms with Gasteiger partial charge in [-0.1, -0.05) is 41.6 Å². The van der Waals surface area contributed by atoms with Crippen LogP contribution < -0.4 is 5.32 Å². The third-order valence-electron chi connectivity index (χ3n) is 3.62. The fraction of sp³-hybridized carbons (Fsp3) is 0.176. The van der Waals surface area contributed by atoms with Crippen LogP contribution in [0.5, 0.6) is 0 Å². The normalized spacial score (nSPS) is 12.0. The maximum absolute atomic E-state index is 13.1. The number of thioether (sulfide) groups is 1. The predicted octanol–water partition coefficient (Wildman–Crippen LogP) is 3.88. The quantitative estimate of drug-likeness (QED) is 0.668. The summed E-state index contributed by atoms with van der Waals surface area (Å²) in [5.41, 5.74) is 2.20. The van der Waals surface area contributed by atoms with Crippen LogP contribution in [0.4, 0.5) is 10.1 Å². The summed E-state index contributed by atoms with van der Waals surface area (Å²) in [6, 6.07) is 11.5. The summed E-state index contributed by atoms with van der Waals surface area (Å²) in [4.78, 5) is 12.4. The number of halogens is 2. The first-order valence-electron chi connectivity index (χ1n) is 7.72. The van der Waals surface area contributed by atoms with Crippen molar-refractivity contribution in [1.29, 1.82) is 0 Å². The number of aromatic nitrogens is 4. The molecular weight excluding hydrogens is 377 g/mol. The summed E-state index contributed by atoms with van der Waals surface area (Å²) >= 11 is 7.16. The smallest absolute Gasteiger partial charge is 0.237 e. The van der Waals surface area contributed by atoms with E-state index in [1.807, 2.05) is 31.2 Å². The van der Waals surface area contributed by atoms with Gasteiger partial charge in [-0.2, -0.15) is 4.68 Å². The first-order valence-corrected chi connectivity index (χ1v) is 8.98. The van der Waals surface area contributed by atoms with E-state index in [1.54, 1.807) is 11.6 Å². The van der Waals surface area contributed by atoms with Gasteiger partial charge in [0.2, 0.25) is 11.1 Å². The van der Waals surface area contributed by atoms with Crippen molar-refractivity contribution in [3.05, 3.63) is 58.9 Å². The molecule has 0 bridgehead atoms. The minimum absolute atomic E-state index is 0.139. The van der Waals surface area contributed by atoms with Gasteiger partial charge in [0.25, 0.3) is 0 Å². The molecule has 2 aromatic carbocycles. The molecule has 0 unspecified atom stereocenters. The first-order chi connectivity index (χ1) is 12.5. The van der Waals surface area contributed by atoms with E-state index in [-0.39, 0.29) is 10.9 Å². The third kappa shape index (κ3) is 4.03. The number of anilines is 1. The van der Waals surface area contributed by atoms with E-state index in [4.69, 9.17) is 11.6 Å². The summed E-state index contributed by atoms with van der Waals surface area (Å²) in [6.07, 6.45) is 0. The minimum atomic E-state index is -0.495. The number of amides is 1. The Morgan fingerprint density at radius 3 is 2.81 bits per heavy atom. The number of carbonyl (C=O) groups is 1. The summed E-state index contributed by atoms with van der Waals surface area (Å²) in [5, 5.41) is 14.5. The van der Waals surface area contributed by atoms with E-state index in [1.165, 1.54) is 23.9 Å². The second-order valence-corrected chi connectivity index (χ2v) is 7.25. The number of para-hydroxylation sites is 1. The van der Waals surface area contributed by atoms with Gasteiger partial charge in [0.05, 0.1) is 21.6 Å². The van der Waals surface area contributed by atoms with Crippen LogP contribution in [-0.4, -0.2) is 31.4 Å². The van der Waals surface area contributed by atoms with Crippen molar-refractivity contribution in [3.63, 3.8) is 0 Å². The maximum Gasteiger partial charge on any atom is 0.237 e. The summed E-state index contributed by atoms with van der Waals surface area (Å²) < 4.78 is 14.7. The lowest BCUT2D eigenvalue weighted by Gasteiger charge is -2.13. The number of nitrogens with zero attached hydrogens (tertiary/aromatic N) is 4. The molecule has 0 fully saturated rings. The highest BCUT2D eigenvalue weighted by molar-refractivity contribution is 8.00. The fourth-order valence-corrected chi connectivity index (χ4v) is 3.26. The van der Waals surface area contributed by atoms with Crippen LogP contribution in [0.15, 0.2) is 47.6 Å². The number of carbonyl (C=O) groups excluding carboxylic acids is 1. The van der Waals surface area contributed by atoms with Gasteiger partial charge < -0.3 is 5.32 Å². The number of hydrogen-bond acceptors (Lipinski definition) is 5. The molecule has 26 heavy (non-hydrogen) atoms. The Morgan fingerprint density at radius 2 is 2.08 bits per heavy atom. The number of nitrogens with one attached hydrogen (secondary N) is 1. The lowest BCUT2D eigenvalue weighted by atomic mass is 10.2. The average molecular weight is 392 g/mol. The van der Waals surface area contributed by atoms with Gasteiger partial charge in [0, 0.05) is 0 Å². The van der Waals surface area contributed by atoms with Gasteiger partial charge in [-0.3, -0.25) is 4.79 Å². The highest BCUT2D eigenvalue weighted by Gasteiger charge is 2.20. The molecular formula is C17H15ClFN5OS. The molecule has 0 saturated carbocycles. The highest BCUT2D eigenvalue weighted by atomic mass is 35.5. The molecule has 3 rings (SSSR count). The third-order valence-corrected chi connectivity index (χ3v) is 4.97. The molecule has 0 saturated heterocycles. The van der Waals surface area contributed by atoms with Crippen molar-refractivity contribution in [2.24, 2.45) is 0 Å². The van der Waals surface area contributed by atoms with Crippen LogP contribution in [0.25, 0.3) is 5.69 Å². The SMILES string of the molecule is Cc1ccccc1-n1nnnc1S[C@@H](C)C(=O)Nc1ccc(F)cc1Cl. The highest BCUT2D eigenvalue weighted by Crippen LogP contribution is 2.27. The molecule has 1 atom stereocenters. The van der Waals surface area contributed by atoms with Gasteiger partial charge in [-0.15, -0.1) is 5.10 Å². The maximum atomic E-state index is 13.1. The Hall–Kier alpha value is -2.45. The summed E-state index contributed by atoms with van der Waals surface area (Å²) in [5.74, 6) is -0.754. The van der Waals surface area contributed by atoms with Crippen LogP contribution >= 0.6 is 23.4 Å². The molecule has 1 N–H and O–H groups in total. The zero-order valence-corrected chi connectivity index (χ0v) is 15.6. The van der Waals surface area contributed by atoms with Gasteiger partial charge >= 0.3 is 0 Å². The Kier molecular flexibility index (Phi) is 5.53. The number of hydrogen-bond donors (Lipinski definition) is 1. The Labute approximate surface area is 158 Å². The minimum Gasteiger partial charge on any atom is -0.324 e. The Balaban J connectivity index is 1.74. The van der Waals surface area contributed by atoms with E-state index in [0.29, 0.717) is 10.8 Å². The lowest BCUT2D eigenvalue weighted by molar-refractivity contribution is -0.115. The van der Waals surface area contributed by atoms with E-state index in [0.717, 1.165) is 17.3 Å². The standard InChI is InChI=1S/C17H15ClFN5OS/c1-10-5-3-4-6-15(10)24-17(21-22-23-24)26-11(2)16(25)20-14-8-7-12(19)9-13(14)18/h3-9,11H,1-2H3,(H,20,25)/t11-/m0/s1. The molecule has 0 aliphatic heterocycles. The van der Waals surface area contributed by atoms with Crippen LogP contribution in [0.1, 0.15) is 12.5 Å². The van der Waals surface area contributed by atoms with Gasteiger partial charge in [-0.25, -0.2) is 4.39 Å². The molecule has 0 aliphatic rings. The second kappa shape index (κ2) is 7.84. The van der Waals surface area contributed by atoms with Gasteiger partial charge in [-0.05, 0) is 54.1 Å². The lowest BCUT2D eigenvalue weighted by Crippen LogP contribution is -2.23. The molecule has 9 heteroatoms. The fourth-order valence-electron chi connectivity index (χ4n) is 2.24. The zero-order chi connectivity index (χ0) is 18.7. The van der Waals surface area contributed by atoms with Crippen molar-refractivity contribution in [2.75, 3.05) is 5.32 Å². The van der Waals surface area contributed by atoms with Crippen molar-refractivity contribution >= 4 is 35.0 Å². The molecule has 3 aromatic rings. The predicted molar refractivity (Wildman–Crippen MR) is 99.2 cm³/mol. The number of benzene rings is 2. The van der Waals surface area contributed by atoms with E-state index < -0.39 is 11.1 Å². The molecule has 6 nitrogen and oxygen atoms in total. The number of tetrazole rings is 1. The largest absolute Gasteiger partial charge is 0.324 e. The second-order valence-electron chi connectivity index (χ2n) is 5.53. The van der Waals surface area contributed by atoms with Crippen molar-refractivity contribution in [3.8, 4) is 5.69 Å². The summed E-state index contributed by atoms with van der Waals surface area (Å²) in [6.45, 7) is 3.69. The van der Waals surface area contributed by atoms with Crippen molar-refractivity contribution < 1.29 is 9.18 Å².